The van der Waals surface area contributed by atoms with Gasteiger partial charge in [-0.05, 0) is 29.8 Å². The summed E-state index contributed by atoms with van der Waals surface area (Å²) in [4.78, 5) is 0. The topological polar surface area (TPSA) is 9.23 Å². The molecule has 2 heteroatoms. The minimum absolute atomic E-state index is 0. The monoisotopic (exact) mass is 206 g/mol. The first-order valence-corrected chi connectivity index (χ1v) is 4.52. The third-order valence-corrected chi connectivity index (χ3v) is 2.03. The van der Waals surface area contributed by atoms with Crippen LogP contribution in [0.5, 0.6) is 5.75 Å². The van der Waals surface area contributed by atoms with E-state index in [1.807, 2.05) is 25.1 Å². The first kappa shape index (κ1) is 10.9. The van der Waals surface area contributed by atoms with Gasteiger partial charge in [0.05, 0.1) is 6.61 Å². The van der Waals surface area contributed by atoms with Gasteiger partial charge in [0.1, 0.15) is 5.75 Å². The summed E-state index contributed by atoms with van der Waals surface area (Å²) in [6.45, 7) is 2.72. The highest BCUT2D eigenvalue weighted by Gasteiger charge is 1.94. The summed E-state index contributed by atoms with van der Waals surface area (Å²) < 4.78 is 5.41. The summed E-state index contributed by atoms with van der Waals surface area (Å²) in [5.74, 6) is 0.946. The van der Waals surface area contributed by atoms with Crippen LogP contribution in [-0.4, -0.2) is 6.61 Å². The summed E-state index contributed by atoms with van der Waals surface area (Å²) >= 11 is 0. The van der Waals surface area contributed by atoms with E-state index in [0.717, 1.165) is 12.4 Å². The molecule has 0 aliphatic carbocycles. The van der Waals surface area contributed by atoms with Crippen molar-refractivity contribution in [2.24, 2.45) is 0 Å². The van der Waals surface area contributed by atoms with Gasteiger partial charge in [0.15, 0.2) is 0 Å². The zero-order valence-corrected chi connectivity index (χ0v) is 9.16. The highest BCUT2D eigenvalue weighted by Crippen LogP contribution is 2.20. The van der Waals surface area contributed by atoms with Crippen LogP contribution in [0, 0.1) is 0 Å². The molecule has 0 fully saturated rings. The summed E-state index contributed by atoms with van der Waals surface area (Å²) in [5.41, 5.74) is 0. The predicted molar refractivity (Wildman–Crippen MR) is 65.5 cm³/mol. The van der Waals surface area contributed by atoms with Crippen molar-refractivity contribution in [1.82, 2.24) is 0 Å². The van der Waals surface area contributed by atoms with Crippen LogP contribution in [0.1, 0.15) is 6.92 Å². The van der Waals surface area contributed by atoms with E-state index in [-0.39, 0.29) is 13.5 Å². The van der Waals surface area contributed by atoms with Gasteiger partial charge in [0, 0.05) is 0 Å². The fourth-order valence-electron chi connectivity index (χ4n) is 1.42. The third kappa shape index (κ3) is 2.20. The summed E-state index contributed by atoms with van der Waals surface area (Å²) in [7, 11) is 0. The van der Waals surface area contributed by atoms with Gasteiger partial charge in [0.25, 0.3) is 0 Å². The quantitative estimate of drug-likeness (QED) is 0.732. The zero-order chi connectivity index (χ0) is 9.10. The van der Waals surface area contributed by atoms with Crippen LogP contribution in [0.15, 0.2) is 42.5 Å². The number of benzene rings is 2. The van der Waals surface area contributed by atoms with Gasteiger partial charge in [-0.2, -0.15) is 13.5 Å². The minimum Gasteiger partial charge on any atom is -0.494 e. The van der Waals surface area contributed by atoms with E-state index in [1.165, 1.54) is 10.8 Å². The van der Waals surface area contributed by atoms with Crippen LogP contribution >= 0.6 is 13.5 Å². The van der Waals surface area contributed by atoms with E-state index in [1.54, 1.807) is 0 Å². The van der Waals surface area contributed by atoms with Crippen LogP contribution in [0.4, 0.5) is 0 Å². The Kier molecular flexibility index (Phi) is 3.84. The molecule has 0 unspecified atom stereocenters. The molecule has 0 heterocycles. The molecular formula is C12H14OS. The smallest absolute Gasteiger partial charge is 0.119 e. The van der Waals surface area contributed by atoms with Crippen molar-refractivity contribution < 1.29 is 4.74 Å². The Labute approximate surface area is 91.1 Å². The van der Waals surface area contributed by atoms with Gasteiger partial charge in [-0.15, -0.1) is 0 Å². The van der Waals surface area contributed by atoms with Crippen LogP contribution in [0.25, 0.3) is 10.8 Å². The van der Waals surface area contributed by atoms with Gasteiger partial charge in [0.2, 0.25) is 0 Å². The SMILES string of the molecule is CCOc1ccc2ccccc2c1.S. The first-order chi connectivity index (χ1) is 6.40. The Morgan fingerprint density at radius 2 is 1.71 bits per heavy atom. The van der Waals surface area contributed by atoms with Gasteiger partial charge >= 0.3 is 0 Å². The third-order valence-electron chi connectivity index (χ3n) is 2.03. The highest BCUT2D eigenvalue weighted by atomic mass is 32.1. The first-order valence-electron chi connectivity index (χ1n) is 4.52. The molecule has 0 saturated carbocycles. The molecule has 2 aromatic rings. The zero-order valence-electron chi connectivity index (χ0n) is 8.16. The van der Waals surface area contributed by atoms with E-state index < -0.39 is 0 Å². The molecule has 1 nitrogen and oxygen atoms in total. The highest BCUT2D eigenvalue weighted by molar-refractivity contribution is 7.59. The second-order valence-corrected chi connectivity index (χ2v) is 2.94. The van der Waals surface area contributed by atoms with Crippen molar-refractivity contribution in [3.63, 3.8) is 0 Å². The molecule has 2 aromatic carbocycles. The van der Waals surface area contributed by atoms with E-state index in [2.05, 4.69) is 24.3 Å². The number of rotatable bonds is 2. The van der Waals surface area contributed by atoms with Crippen molar-refractivity contribution in [3.05, 3.63) is 42.5 Å². The fraction of sp³-hybridized carbons (Fsp3) is 0.167. The molecule has 0 aliphatic rings. The molecule has 0 amide bonds. The maximum Gasteiger partial charge on any atom is 0.119 e. The van der Waals surface area contributed by atoms with E-state index in [0.29, 0.717) is 0 Å². The molecule has 0 aromatic heterocycles. The molecule has 0 aliphatic heterocycles. The van der Waals surface area contributed by atoms with Crippen LogP contribution in [-0.2, 0) is 0 Å². The van der Waals surface area contributed by atoms with Gasteiger partial charge < -0.3 is 4.74 Å². The molecule has 0 atom stereocenters. The Morgan fingerprint density at radius 3 is 2.43 bits per heavy atom. The molecule has 0 N–H and O–H groups in total. The summed E-state index contributed by atoms with van der Waals surface area (Å²) in [6.07, 6.45) is 0. The Morgan fingerprint density at radius 1 is 1.00 bits per heavy atom. The molecule has 0 radical (unpaired) electrons. The van der Waals surface area contributed by atoms with Gasteiger partial charge in [-0.1, -0.05) is 30.3 Å². The molecule has 0 spiro atoms. The molecule has 74 valence electrons. The normalized spacial score (nSPS) is 9.50. The Bertz CT molecular complexity index is 412. The van der Waals surface area contributed by atoms with Crippen molar-refractivity contribution in [2.75, 3.05) is 6.61 Å². The lowest BCUT2D eigenvalue weighted by atomic mass is 10.1. The number of hydrogen-bond acceptors (Lipinski definition) is 1. The molecule has 14 heavy (non-hydrogen) atoms. The molecule has 0 saturated heterocycles. The summed E-state index contributed by atoms with van der Waals surface area (Å²) in [6, 6.07) is 14.4. The maximum absolute atomic E-state index is 5.41. The van der Waals surface area contributed by atoms with Crippen LogP contribution in [0.2, 0.25) is 0 Å². The van der Waals surface area contributed by atoms with E-state index >= 15 is 0 Å². The largest absolute Gasteiger partial charge is 0.494 e. The average Bonchev–Trinajstić information content (AvgIpc) is 2.18. The standard InChI is InChI=1S/C12H12O.H2S/c1-2-13-12-8-7-10-5-3-4-6-11(10)9-12;/h3-9H,2H2,1H3;1H2. The number of fused-ring (bicyclic) bond motifs is 1. The Balaban J connectivity index is 0.000000980. The van der Waals surface area contributed by atoms with E-state index in [9.17, 15) is 0 Å². The van der Waals surface area contributed by atoms with Crippen molar-refractivity contribution >= 4 is 24.3 Å². The Hall–Kier alpha value is -1.15. The van der Waals surface area contributed by atoms with Crippen LogP contribution < -0.4 is 4.74 Å². The predicted octanol–water partition coefficient (Wildman–Crippen LogP) is 3.35. The lowest BCUT2D eigenvalue weighted by Gasteiger charge is -2.03. The summed E-state index contributed by atoms with van der Waals surface area (Å²) in [5, 5.41) is 2.49. The van der Waals surface area contributed by atoms with Crippen LogP contribution in [0.3, 0.4) is 0 Å². The molecule has 0 bridgehead atoms. The second kappa shape index (κ2) is 4.91. The second-order valence-electron chi connectivity index (χ2n) is 2.94. The van der Waals surface area contributed by atoms with Gasteiger partial charge in [-0.3, -0.25) is 0 Å². The number of hydrogen-bond donors (Lipinski definition) is 0. The fourth-order valence-corrected chi connectivity index (χ4v) is 1.42. The van der Waals surface area contributed by atoms with E-state index in [4.69, 9.17) is 4.74 Å². The van der Waals surface area contributed by atoms with Gasteiger partial charge in [-0.25, -0.2) is 0 Å². The lowest BCUT2D eigenvalue weighted by Crippen LogP contribution is -1.90. The van der Waals surface area contributed by atoms with Crippen molar-refractivity contribution in [3.8, 4) is 5.75 Å². The maximum atomic E-state index is 5.41. The average molecular weight is 206 g/mol. The molecule has 2 rings (SSSR count). The minimum atomic E-state index is 0. The van der Waals surface area contributed by atoms with Crippen molar-refractivity contribution in [1.29, 1.82) is 0 Å². The van der Waals surface area contributed by atoms with Crippen molar-refractivity contribution in [2.45, 2.75) is 6.92 Å². The molecular weight excluding hydrogens is 192 g/mol. The lowest BCUT2D eigenvalue weighted by molar-refractivity contribution is 0.341. The number of ether oxygens (including phenoxy) is 1.